The van der Waals surface area contributed by atoms with Crippen molar-refractivity contribution in [3.05, 3.63) is 64.7 Å². The lowest BCUT2D eigenvalue weighted by Crippen LogP contribution is -2.30. The van der Waals surface area contributed by atoms with Crippen LogP contribution in [0.2, 0.25) is 0 Å². The lowest BCUT2D eigenvalue weighted by atomic mass is 10.1. The number of rotatable bonds is 4. The molecule has 2 aromatic rings. The number of halogens is 6. The Hall–Kier alpha value is -3.57. The van der Waals surface area contributed by atoms with E-state index in [1.807, 2.05) is 5.32 Å². The van der Waals surface area contributed by atoms with Gasteiger partial charge < -0.3 is 10.6 Å². The third-order valence-electron chi connectivity index (χ3n) is 4.34. The van der Waals surface area contributed by atoms with Crippen LogP contribution < -0.4 is 10.6 Å². The van der Waals surface area contributed by atoms with Crippen molar-refractivity contribution in [3.8, 4) is 0 Å². The summed E-state index contributed by atoms with van der Waals surface area (Å²) in [5.41, 5.74) is -3.34. The van der Waals surface area contributed by atoms with E-state index in [2.05, 4.69) is 5.32 Å². The first-order valence-corrected chi connectivity index (χ1v) is 8.62. The van der Waals surface area contributed by atoms with E-state index in [1.165, 1.54) is 24.3 Å². The molecule has 1 aliphatic heterocycles. The summed E-state index contributed by atoms with van der Waals surface area (Å²) in [4.78, 5) is 36.4. The van der Waals surface area contributed by atoms with Gasteiger partial charge in [0, 0.05) is 11.3 Å². The topological polar surface area (TPSA) is 78.5 Å². The van der Waals surface area contributed by atoms with Crippen molar-refractivity contribution in [2.24, 2.45) is 0 Å². The van der Waals surface area contributed by atoms with Gasteiger partial charge in [-0.15, -0.1) is 0 Å². The van der Waals surface area contributed by atoms with E-state index in [0.29, 0.717) is 17.7 Å². The molecule has 1 aliphatic rings. The summed E-state index contributed by atoms with van der Waals surface area (Å²) in [6, 6.07) is 5.53. The Morgan fingerprint density at radius 2 is 1.48 bits per heavy atom. The van der Waals surface area contributed by atoms with Gasteiger partial charge >= 0.3 is 18.4 Å². The quantitative estimate of drug-likeness (QED) is 0.551. The highest BCUT2D eigenvalue weighted by atomic mass is 19.4. The molecule has 31 heavy (non-hydrogen) atoms. The van der Waals surface area contributed by atoms with Gasteiger partial charge in [-0.1, -0.05) is 12.1 Å². The van der Waals surface area contributed by atoms with Crippen molar-refractivity contribution in [1.29, 1.82) is 0 Å². The van der Waals surface area contributed by atoms with E-state index in [0.717, 1.165) is 4.90 Å². The van der Waals surface area contributed by atoms with E-state index in [-0.39, 0.29) is 24.7 Å². The molecule has 0 bridgehead atoms. The second-order valence-corrected chi connectivity index (χ2v) is 6.58. The Kier molecular flexibility index (Phi) is 5.66. The summed E-state index contributed by atoms with van der Waals surface area (Å²) in [6.07, 6.45) is -10.1. The number of hydrogen-bond acceptors (Lipinski definition) is 3. The fourth-order valence-corrected chi connectivity index (χ4v) is 2.79. The number of alkyl halides is 6. The molecule has 6 nitrogen and oxygen atoms in total. The van der Waals surface area contributed by atoms with Gasteiger partial charge in [0.05, 0.1) is 24.2 Å². The predicted molar refractivity (Wildman–Crippen MR) is 94.8 cm³/mol. The number of carbonyl (C=O) groups is 3. The molecule has 0 atom stereocenters. The van der Waals surface area contributed by atoms with E-state index >= 15 is 0 Å². The number of amides is 4. The Labute approximate surface area is 170 Å². The van der Waals surface area contributed by atoms with Gasteiger partial charge in [-0.2, -0.15) is 26.3 Å². The van der Waals surface area contributed by atoms with Crippen LogP contribution in [-0.2, 0) is 23.7 Å². The highest BCUT2D eigenvalue weighted by Crippen LogP contribution is 2.37. The average Bonchev–Trinajstić information content (AvgIpc) is 2.99. The monoisotopic (exact) mass is 445 g/mol. The summed E-state index contributed by atoms with van der Waals surface area (Å²) in [5, 5.41) is 4.36. The molecular formula is C19H13F6N3O3. The molecule has 0 unspecified atom stereocenters. The zero-order valence-corrected chi connectivity index (χ0v) is 15.4. The van der Waals surface area contributed by atoms with Crippen LogP contribution in [0.3, 0.4) is 0 Å². The number of hydrogen-bond donors (Lipinski definition) is 2. The number of anilines is 1. The fraction of sp³-hybridized carbons (Fsp3) is 0.211. The van der Waals surface area contributed by atoms with Gasteiger partial charge in [0.25, 0.3) is 5.91 Å². The van der Waals surface area contributed by atoms with E-state index in [4.69, 9.17) is 0 Å². The second-order valence-electron chi connectivity index (χ2n) is 6.58. The molecule has 164 valence electrons. The zero-order valence-electron chi connectivity index (χ0n) is 15.4. The lowest BCUT2D eigenvalue weighted by Gasteiger charge is -2.15. The Morgan fingerprint density at radius 1 is 0.935 bits per heavy atom. The van der Waals surface area contributed by atoms with Crippen LogP contribution in [0, 0.1) is 0 Å². The molecule has 4 amide bonds. The average molecular weight is 445 g/mol. The van der Waals surface area contributed by atoms with E-state index in [1.54, 1.807) is 0 Å². The van der Waals surface area contributed by atoms with Crippen LogP contribution in [0.15, 0.2) is 42.5 Å². The largest absolute Gasteiger partial charge is 0.416 e. The van der Waals surface area contributed by atoms with Crippen LogP contribution in [0.5, 0.6) is 0 Å². The third-order valence-corrected chi connectivity index (χ3v) is 4.34. The first kappa shape index (κ1) is 22.1. The zero-order chi connectivity index (χ0) is 23.0. The van der Waals surface area contributed by atoms with Crippen LogP contribution in [0.25, 0.3) is 0 Å². The summed E-state index contributed by atoms with van der Waals surface area (Å²) in [6.45, 7) is -0.189. The van der Waals surface area contributed by atoms with Crippen molar-refractivity contribution in [3.63, 3.8) is 0 Å². The molecule has 1 heterocycles. The standard InChI is InChI=1S/C19H13F6N3O3/c20-18(21,22)12-5-13(19(23,24)25)7-14(6-12)27-16(30)11-3-1-10(2-4-11)9-28-15(29)8-26-17(28)31/h1-7H,8-9H2,(H,26,31)(H,27,30). The van der Waals surface area contributed by atoms with Crippen LogP contribution in [0.1, 0.15) is 27.0 Å². The summed E-state index contributed by atoms with van der Waals surface area (Å²) < 4.78 is 77.6. The van der Waals surface area contributed by atoms with Crippen molar-refractivity contribution in [2.45, 2.75) is 18.9 Å². The van der Waals surface area contributed by atoms with Crippen LogP contribution in [-0.4, -0.2) is 29.3 Å². The third kappa shape index (κ3) is 5.13. The molecule has 0 spiro atoms. The highest BCUT2D eigenvalue weighted by molar-refractivity contribution is 6.04. The molecule has 0 aliphatic carbocycles. The van der Waals surface area contributed by atoms with Gasteiger partial charge in [-0.25, -0.2) is 4.79 Å². The molecule has 2 N–H and O–H groups in total. The number of carbonyl (C=O) groups excluding carboxylic acids is 3. The van der Waals surface area contributed by atoms with Crippen molar-refractivity contribution in [2.75, 3.05) is 11.9 Å². The van der Waals surface area contributed by atoms with Crippen LogP contribution in [0.4, 0.5) is 36.8 Å². The number of nitrogens with zero attached hydrogens (tertiary/aromatic N) is 1. The minimum Gasteiger partial charge on any atom is -0.329 e. The lowest BCUT2D eigenvalue weighted by molar-refractivity contribution is -0.143. The number of benzene rings is 2. The minimum absolute atomic E-state index is 0.0414. The Morgan fingerprint density at radius 3 is 1.94 bits per heavy atom. The maximum Gasteiger partial charge on any atom is 0.416 e. The minimum atomic E-state index is -5.04. The Balaban J connectivity index is 1.78. The predicted octanol–water partition coefficient (Wildman–Crippen LogP) is 4.03. The van der Waals surface area contributed by atoms with Crippen molar-refractivity contribution < 1.29 is 40.7 Å². The first-order chi connectivity index (χ1) is 14.3. The fourth-order valence-electron chi connectivity index (χ4n) is 2.79. The molecule has 3 rings (SSSR count). The number of nitrogens with one attached hydrogen (secondary N) is 2. The van der Waals surface area contributed by atoms with Gasteiger partial charge in [0.2, 0.25) is 5.91 Å². The molecule has 1 saturated heterocycles. The van der Waals surface area contributed by atoms with E-state index in [9.17, 15) is 40.7 Å². The smallest absolute Gasteiger partial charge is 0.329 e. The van der Waals surface area contributed by atoms with Gasteiger partial charge in [-0.05, 0) is 35.9 Å². The molecule has 2 aromatic carbocycles. The van der Waals surface area contributed by atoms with Gasteiger partial charge in [-0.3, -0.25) is 14.5 Å². The molecule has 0 radical (unpaired) electrons. The van der Waals surface area contributed by atoms with Gasteiger partial charge in [0.15, 0.2) is 0 Å². The number of imide groups is 1. The first-order valence-electron chi connectivity index (χ1n) is 8.62. The SMILES string of the molecule is O=C(Nc1cc(C(F)(F)F)cc(C(F)(F)F)c1)c1ccc(CN2C(=O)CNC2=O)cc1. The molecular weight excluding hydrogens is 432 g/mol. The van der Waals surface area contributed by atoms with Crippen LogP contribution >= 0.6 is 0 Å². The number of urea groups is 1. The summed E-state index contributed by atoms with van der Waals surface area (Å²) in [7, 11) is 0. The normalized spacial score (nSPS) is 14.6. The summed E-state index contributed by atoms with van der Waals surface area (Å²) >= 11 is 0. The van der Waals surface area contributed by atoms with Crippen molar-refractivity contribution in [1.82, 2.24) is 10.2 Å². The molecule has 0 saturated carbocycles. The summed E-state index contributed by atoms with van der Waals surface area (Å²) in [5.74, 6) is -1.37. The molecule has 12 heteroatoms. The Bertz CT molecular complexity index is 983. The molecule has 1 fully saturated rings. The van der Waals surface area contributed by atoms with Crippen molar-refractivity contribution >= 4 is 23.5 Å². The maximum absolute atomic E-state index is 12.9. The highest BCUT2D eigenvalue weighted by Gasteiger charge is 2.37. The molecule has 0 aromatic heterocycles. The maximum atomic E-state index is 12.9. The second kappa shape index (κ2) is 7.93. The van der Waals surface area contributed by atoms with E-state index < -0.39 is 47.0 Å². The van der Waals surface area contributed by atoms with Gasteiger partial charge in [0.1, 0.15) is 0 Å².